The van der Waals surface area contributed by atoms with Crippen molar-refractivity contribution in [2.24, 2.45) is 11.7 Å². The van der Waals surface area contributed by atoms with Crippen LogP contribution in [-0.2, 0) is 4.79 Å². The first kappa shape index (κ1) is 20.6. The predicted molar refractivity (Wildman–Crippen MR) is 105 cm³/mol. The summed E-state index contributed by atoms with van der Waals surface area (Å²) in [6.07, 6.45) is 1.29. The van der Waals surface area contributed by atoms with Gasteiger partial charge in [-0.05, 0) is 41.8 Å². The van der Waals surface area contributed by atoms with Gasteiger partial charge in [-0.3, -0.25) is 19.7 Å². The number of benzene rings is 2. The third-order valence-electron chi connectivity index (χ3n) is 3.61. The van der Waals surface area contributed by atoms with Gasteiger partial charge in [0.1, 0.15) is 11.4 Å². The first-order valence-electron chi connectivity index (χ1n) is 8.56. The minimum atomic E-state index is -0.864. The van der Waals surface area contributed by atoms with Crippen LogP contribution in [0.15, 0.2) is 54.2 Å². The Bertz CT molecular complexity index is 904. The van der Waals surface area contributed by atoms with E-state index in [0.29, 0.717) is 29.4 Å². The van der Waals surface area contributed by atoms with Gasteiger partial charge in [0.05, 0.1) is 11.5 Å². The third-order valence-corrected chi connectivity index (χ3v) is 3.61. The summed E-state index contributed by atoms with van der Waals surface area (Å²) in [5.74, 6) is -0.393. The lowest BCUT2D eigenvalue weighted by molar-refractivity contribution is -0.384. The Labute approximate surface area is 162 Å². The predicted octanol–water partition coefficient (Wildman–Crippen LogP) is 2.89. The molecule has 0 fully saturated rings. The van der Waals surface area contributed by atoms with Gasteiger partial charge in [-0.2, -0.15) is 0 Å². The standard InChI is InChI=1S/C20H21N3O5/c1-13(2)12-28-17-8-6-15(7-9-17)20(25)22-18(19(21)24)11-14-4-3-5-16(10-14)23(26)27/h3-11,13H,12H2,1-2H3,(H2,21,24)(H,22,25)/b18-11+. The van der Waals surface area contributed by atoms with Crippen LogP contribution in [0.3, 0.4) is 0 Å². The molecule has 3 N–H and O–H groups in total. The lowest BCUT2D eigenvalue weighted by Crippen LogP contribution is -2.31. The lowest BCUT2D eigenvalue weighted by Gasteiger charge is -2.10. The minimum absolute atomic E-state index is 0.138. The molecule has 2 aromatic carbocycles. The Kier molecular flexibility index (Phi) is 6.86. The topological polar surface area (TPSA) is 125 Å². The summed E-state index contributed by atoms with van der Waals surface area (Å²) in [5.41, 5.74) is 5.68. The van der Waals surface area contributed by atoms with Crippen molar-refractivity contribution in [1.29, 1.82) is 0 Å². The summed E-state index contributed by atoms with van der Waals surface area (Å²) >= 11 is 0. The van der Waals surface area contributed by atoms with Crippen LogP contribution in [0.5, 0.6) is 5.75 Å². The summed E-state index contributed by atoms with van der Waals surface area (Å²) in [4.78, 5) is 34.4. The number of carbonyl (C=O) groups excluding carboxylic acids is 2. The molecule has 0 saturated heterocycles. The van der Waals surface area contributed by atoms with E-state index in [2.05, 4.69) is 5.32 Å². The fraction of sp³-hybridized carbons (Fsp3) is 0.200. The molecule has 0 heterocycles. The van der Waals surface area contributed by atoms with Gasteiger partial charge in [0.2, 0.25) is 0 Å². The van der Waals surface area contributed by atoms with E-state index in [9.17, 15) is 19.7 Å². The number of nitrogens with one attached hydrogen (secondary N) is 1. The molecule has 2 rings (SSSR count). The van der Waals surface area contributed by atoms with Crippen LogP contribution in [0.25, 0.3) is 6.08 Å². The maximum atomic E-state index is 12.4. The molecule has 28 heavy (non-hydrogen) atoms. The molecule has 0 aromatic heterocycles. The van der Waals surface area contributed by atoms with Crippen molar-refractivity contribution < 1.29 is 19.2 Å². The summed E-state index contributed by atoms with van der Waals surface area (Å²) < 4.78 is 5.56. The maximum Gasteiger partial charge on any atom is 0.270 e. The van der Waals surface area contributed by atoms with Crippen LogP contribution in [0.2, 0.25) is 0 Å². The number of nitro benzene ring substituents is 1. The van der Waals surface area contributed by atoms with Crippen molar-refractivity contribution in [2.45, 2.75) is 13.8 Å². The monoisotopic (exact) mass is 383 g/mol. The third kappa shape index (κ3) is 5.94. The largest absolute Gasteiger partial charge is 0.493 e. The summed E-state index contributed by atoms with van der Waals surface area (Å²) in [5, 5.41) is 13.3. The van der Waals surface area contributed by atoms with Gasteiger partial charge in [-0.1, -0.05) is 26.0 Å². The average Bonchev–Trinajstić information content (AvgIpc) is 2.66. The first-order valence-corrected chi connectivity index (χ1v) is 8.56. The fourth-order valence-electron chi connectivity index (χ4n) is 2.22. The van der Waals surface area contributed by atoms with Crippen molar-refractivity contribution in [1.82, 2.24) is 5.32 Å². The van der Waals surface area contributed by atoms with E-state index in [1.807, 2.05) is 13.8 Å². The number of nitrogens with zero attached hydrogens (tertiary/aromatic N) is 1. The van der Waals surface area contributed by atoms with E-state index in [1.54, 1.807) is 30.3 Å². The number of carbonyl (C=O) groups is 2. The molecule has 0 radical (unpaired) electrons. The summed E-state index contributed by atoms with van der Waals surface area (Å²) in [7, 11) is 0. The Hall–Kier alpha value is -3.68. The zero-order valence-corrected chi connectivity index (χ0v) is 15.5. The number of hydrogen-bond acceptors (Lipinski definition) is 5. The highest BCUT2D eigenvalue weighted by molar-refractivity contribution is 6.04. The van der Waals surface area contributed by atoms with Gasteiger partial charge in [-0.25, -0.2) is 0 Å². The zero-order chi connectivity index (χ0) is 20.7. The molecule has 0 aliphatic heterocycles. The molecule has 2 amide bonds. The number of nitrogens with two attached hydrogens (primary N) is 1. The first-order chi connectivity index (χ1) is 13.3. The van der Waals surface area contributed by atoms with Crippen LogP contribution in [0.1, 0.15) is 29.8 Å². The number of nitro groups is 1. The molecule has 0 saturated carbocycles. The fourth-order valence-corrected chi connectivity index (χ4v) is 2.22. The SMILES string of the molecule is CC(C)COc1ccc(C(=O)N/C(=C/c2cccc([N+](=O)[O-])c2)C(N)=O)cc1. The van der Waals surface area contributed by atoms with Gasteiger partial charge in [0.15, 0.2) is 0 Å². The maximum absolute atomic E-state index is 12.4. The van der Waals surface area contributed by atoms with Crippen LogP contribution < -0.4 is 15.8 Å². The van der Waals surface area contributed by atoms with E-state index < -0.39 is 16.7 Å². The Balaban J connectivity index is 2.15. The highest BCUT2D eigenvalue weighted by atomic mass is 16.6. The number of hydrogen-bond donors (Lipinski definition) is 2. The smallest absolute Gasteiger partial charge is 0.270 e. The lowest BCUT2D eigenvalue weighted by atomic mass is 10.1. The van der Waals surface area contributed by atoms with Crippen molar-refractivity contribution in [3.05, 3.63) is 75.5 Å². The molecule has 0 bridgehead atoms. The quantitative estimate of drug-likeness (QED) is 0.412. The van der Waals surface area contributed by atoms with Crippen LogP contribution >= 0.6 is 0 Å². The van der Waals surface area contributed by atoms with Crippen molar-refractivity contribution in [2.75, 3.05) is 6.61 Å². The van der Waals surface area contributed by atoms with Gasteiger partial charge in [-0.15, -0.1) is 0 Å². The number of amides is 2. The normalized spacial score (nSPS) is 11.2. The van der Waals surface area contributed by atoms with Crippen LogP contribution in [-0.4, -0.2) is 23.3 Å². The van der Waals surface area contributed by atoms with E-state index in [0.717, 1.165) is 0 Å². The molecular weight excluding hydrogens is 362 g/mol. The van der Waals surface area contributed by atoms with Crippen LogP contribution in [0.4, 0.5) is 5.69 Å². The van der Waals surface area contributed by atoms with E-state index in [1.165, 1.54) is 24.3 Å². The average molecular weight is 383 g/mol. The zero-order valence-electron chi connectivity index (χ0n) is 15.5. The molecule has 146 valence electrons. The Morgan fingerprint density at radius 1 is 1.21 bits per heavy atom. The molecular formula is C20H21N3O5. The van der Waals surface area contributed by atoms with E-state index in [-0.39, 0.29) is 11.4 Å². The number of non-ortho nitro benzene ring substituents is 1. The van der Waals surface area contributed by atoms with Crippen molar-refractivity contribution >= 4 is 23.6 Å². The van der Waals surface area contributed by atoms with Gasteiger partial charge < -0.3 is 15.8 Å². The van der Waals surface area contributed by atoms with E-state index in [4.69, 9.17) is 10.5 Å². The van der Waals surface area contributed by atoms with Gasteiger partial charge in [0, 0.05) is 17.7 Å². The van der Waals surface area contributed by atoms with Gasteiger partial charge >= 0.3 is 0 Å². The highest BCUT2D eigenvalue weighted by Crippen LogP contribution is 2.16. The number of primary amides is 1. The second-order valence-corrected chi connectivity index (χ2v) is 6.46. The van der Waals surface area contributed by atoms with Gasteiger partial charge in [0.25, 0.3) is 17.5 Å². The minimum Gasteiger partial charge on any atom is -0.493 e. The van der Waals surface area contributed by atoms with Crippen molar-refractivity contribution in [3.63, 3.8) is 0 Å². The Morgan fingerprint density at radius 2 is 1.89 bits per heavy atom. The van der Waals surface area contributed by atoms with Crippen molar-refractivity contribution in [3.8, 4) is 5.75 Å². The number of rotatable bonds is 8. The van der Waals surface area contributed by atoms with Crippen LogP contribution in [0, 0.1) is 16.0 Å². The molecule has 8 heteroatoms. The second kappa shape index (κ2) is 9.31. The molecule has 0 spiro atoms. The molecule has 2 aromatic rings. The summed E-state index contributed by atoms with van der Waals surface area (Å²) in [6.45, 7) is 4.62. The highest BCUT2D eigenvalue weighted by Gasteiger charge is 2.13. The second-order valence-electron chi connectivity index (χ2n) is 6.46. The Morgan fingerprint density at radius 3 is 2.46 bits per heavy atom. The molecule has 0 atom stereocenters. The molecule has 0 unspecified atom stereocenters. The summed E-state index contributed by atoms with van der Waals surface area (Å²) in [6, 6.07) is 12.1. The van der Waals surface area contributed by atoms with E-state index >= 15 is 0 Å². The molecule has 0 aliphatic carbocycles. The molecule has 0 aliphatic rings. The molecule has 8 nitrogen and oxygen atoms in total. The number of ether oxygens (including phenoxy) is 1.